The number of nitrogens with two attached hydrogens (primary N) is 1. The van der Waals surface area contributed by atoms with Crippen LogP contribution in [0.4, 0.5) is 0 Å². The van der Waals surface area contributed by atoms with Gasteiger partial charge in [-0.05, 0) is 19.3 Å². The minimum Gasteiger partial charge on any atom is -0.328 e. The SMILES string of the molecule is CCC1CC(N)CCS1(=O)=O. The third-order valence-corrected chi connectivity index (χ3v) is 4.65. The predicted molar refractivity (Wildman–Crippen MR) is 45.1 cm³/mol. The van der Waals surface area contributed by atoms with E-state index in [0.29, 0.717) is 19.3 Å². The summed E-state index contributed by atoms with van der Waals surface area (Å²) in [6.45, 7) is 1.90. The van der Waals surface area contributed by atoms with Crippen molar-refractivity contribution in [1.82, 2.24) is 0 Å². The highest BCUT2D eigenvalue weighted by Gasteiger charge is 2.30. The van der Waals surface area contributed by atoms with Gasteiger partial charge >= 0.3 is 0 Å². The Morgan fingerprint density at radius 3 is 2.64 bits per heavy atom. The first-order valence-corrected chi connectivity index (χ1v) is 5.75. The second-order valence-corrected chi connectivity index (χ2v) is 5.58. The molecule has 0 spiro atoms. The fourth-order valence-electron chi connectivity index (χ4n) is 1.51. The van der Waals surface area contributed by atoms with Gasteiger partial charge < -0.3 is 5.73 Å². The quantitative estimate of drug-likeness (QED) is 0.626. The van der Waals surface area contributed by atoms with Crippen LogP contribution in [0.3, 0.4) is 0 Å². The summed E-state index contributed by atoms with van der Waals surface area (Å²) in [6, 6.07) is 0.100. The van der Waals surface area contributed by atoms with Gasteiger partial charge in [-0.15, -0.1) is 0 Å². The Kier molecular flexibility index (Phi) is 2.54. The second-order valence-electron chi connectivity index (χ2n) is 3.18. The molecule has 11 heavy (non-hydrogen) atoms. The summed E-state index contributed by atoms with van der Waals surface area (Å²) in [4.78, 5) is 0. The summed E-state index contributed by atoms with van der Waals surface area (Å²) in [7, 11) is -2.79. The van der Waals surface area contributed by atoms with Gasteiger partial charge in [0.05, 0.1) is 11.0 Å². The van der Waals surface area contributed by atoms with Gasteiger partial charge in [0.1, 0.15) is 0 Å². The van der Waals surface area contributed by atoms with Crippen LogP contribution >= 0.6 is 0 Å². The van der Waals surface area contributed by atoms with E-state index >= 15 is 0 Å². The lowest BCUT2D eigenvalue weighted by Gasteiger charge is -2.25. The predicted octanol–water partition coefficient (Wildman–Crippen LogP) is 0.301. The smallest absolute Gasteiger partial charge is 0.153 e. The van der Waals surface area contributed by atoms with Gasteiger partial charge in [0.15, 0.2) is 9.84 Å². The zero-order valence-corrected chi connectivity index (χ0v) is 7.60. The molecule has 1 aliphatic rings. The average Bonchev–Trinajstić information content (AvgIpc) is 1.94. The molecule has 0 saturated carbocycles. The molecule has 2 unspecified atom stereocenters. The molecular formula is C7H15NO2S. The monoisotopic (exact) mass is 177 g/mol. The van der Waals surface area contributed by atoms with Gasteiger partial charge in [-0.2, -0.15) is 0 Å². The molecule has 2 atom stereocenters. The molecule has 0 bridgehead atoms. The van der Waals surface area contributed by atoms with Gasteiger partial charge in [-0.1, -0.05) is 6.92 Å². The molecule has 1 aliphatic heterocycles. The zero-order chi connectivity index (χ0) is 8.48. The van der Waals surface area contributed by atoms with Gasteiger partial charge in [0.25, 0.3) is 0 Å². The Balaban J connectivity index is 2.72. The van der Waals surface area contributed by atoms with Crippen molar-refractivity contribution >= 4 is 9.84 Å². The van der Waals surface area contributed by atoms with Crippen LogP contribution in [-0.4, -0.2) is 25.5 Å². The van der Waals surface area contributed by atoms with E-state index in [1.165, 1.54) is 0 Å². The van der Waals surface area contributed by atoms with E-state index < -0.39 is 9.84 Å². The third-order valence-electron chi connectivity index (χ3n) is 2.30. The highest BCUT2D eigenvalue weighted by atomic mass is 32.2. The van der Waals surface area contributed by atoms with Crippen molar-refractivity contribution in [2.45, 2.75) is 37.5 Å². The fourth-order valence-corrected chi connectivity index (χ4v) is 3.52. The summed E-state index contributed by atoms with van der Waals surface area (Å²) in [5, 5.41) is -0.175. The maximum atomic E-state index is 11.3. The Morgan fingerprint density at radius 1 is 1.55 bits per heavy atom. The van der Waals surface area contributed by atoms with Gasteiger partial charge in [0, 0.05) is 6.04 Å². The average molecular weight is 177 g/mol. The second kappa shape index (κ2) is 3.11. The lowest BCUT2D eigenvalue weighted by Crippen LogP contribution is -2.39. The van der Waals surface area contributed by atoms with Crippen molar-refractivity contribution in [3.8, 4) is 0 Å². The highest BCUT2D eigenvalue weighted by Crippen LogP contribution is 2.20. The number of sulfone groups is 1. The van der Waals surface area contributed by atoms with E-state index in [9.17, 15) is 8.42 Å². The molecule has 0 aromatic rings. The summed E-state index contributed by atoms with van der Waals surface area (Å²) >= 11 is 0. The number of hydrogen-bond acceptors (Lipinski definition) is 3. The third kappa shape index (κ3) is 1.93. The normalized spacial score (nSPS) is 36.9. The molecule has 0 radical (unpaired) electrons. The highest BCUT2D eigenvalue weighted by molar-refractivity contribution is 7.92. The molecule has 1 heterocycles. The maximum absolute atomic E-state index is 11.3. The fraction of sp³-hybridized carbons (Fsp3) is 1.00. The Labute approximate surface area is 67.9 Å². The van der Waals surface area contributed by atoms with Gasteiger partial charge in [-0.25, -0.2) is 8.42 Å². The lowest BCUT2D eigenvalue weighted by molar-refractivity contribution is 0.496. The maximum Gasteiger partial charge on any atom is 0.153 e. The summed E-state index contributed by atoms with van der Waals surface area (Å²) in [5.74, 6) is 0.284. The van der Waals surface area contributed by atoms with Crippen LogP contribution in [-0.2, 0) is 9.84 Å². The first-order valence-electron chi connectivity index (χ1n) is 4.03. The molecule has 2 N–H and O–H groups in total. The molecule has 0 aliphatic carbocycles. The van der Waals surface area contributed by atoms with Crippen molar-refractivity contribution < 1.29 is 8.42 Å². The standard InChI is InChI=1S/C7H15NO2S/c1-2-7-5-6(8)3-4-11(7,9)10/h6-7H,2-5,8H2,1H3. The van der Waals surface area contributed by atoms with Crippen LogP contribution in [0, 0.1) is 0 Å². The minimum absolute atomic E-state index is 0.100. The van der Waals surface area contributed by atoms with Crippen molar-refractivity contribution in [2.75, 3.05) is 5.75 Å². The largest absolute Gasteiger partial charge is 0.328 e. The Bertz CT molecular complexity index is 223. The van der Waals surface area contributed by atoms with E-state index in [4.69, 9.17) is 5.73 Å². The summed E-state index contributed by atoms with van der Waals surface area (Å²) in [6.07, 6.45) is 1.99. The molecule has 0 aromatic heterocycles. The summed E-state index contributed by atoms with van der Waals surface area (Å²) < 4.78 is 22.6. The van der Waals surface area contributed by atoms with E-state index in [-0.39, 0.29) is 17.0 Å². The van der Waals surface area contributed by atoms with Crippen LogP contribution in [0.1, 0.15) is 26.2 Å². The molecule has 0 aromatic carbocycles. The summed E-state index contributed by atoms with van der Waals surface area (Å²) in [5.41, 5.74) is 5.66. The Hall–Kier alpha value is -0.0900. The number of hydrogen-bond donors (Lipinski definition) is 1. The zero-order valence-electron chi connectivity index (χ0n) is 6.79. The molecule has 1 fully saturated rings. The van der Waals surface area contributed by atoms with Crippen LogP contribution in [0.15, 0.2) is 0 Å². The van der Waals surface area contributed by atoms with Gasteiger partial charge in [-0.3, -0.25) is 0 Å². The topological polar surface area (TPSA) is 60.2 Å². The van der Waals surface area contributed by atoms with Gasteiger partial charge in [0.2, 0.25) is 0 Å². The lowest BCUT2D eigenvalue weighted by atomic mass is 10.1. The van der Waals surface area contributed by atoms with E-state index in [0.717, 1.165) is 0 Å². The minimum atomic E-state index is -2.79. The van der Waals surface area contributed by atoms with Crippen LogP contribution < -0.4 is 5.73 Å². The Morgan fingerprint density at radius 2 is 2.18 bits per heavy atom. The number of rotatable bonds is 1. The molecule has 1 saturated heterocycles. The van der Waals surface area contributed by atoms with Crippen molar-refractivity contribution in [3.05, 3.63) is 0 Å². The molecule has 1 rings (SSSR count). The molecule has 4 heteroatoms. The van der Waals surface area contributed by atoms with E-state index in [1.807, 2.05) is 6.92 Å². The van der Waals surface area contributed by atoms with E-state index in [2.05, 4.69) is 0 Å². The first-order chi connectivity index (χ1) is 5.06. The molecule has 0 amide bonds. The van der Waals surface area contributed by atoms with Crippen molar-refractivity contribution in [1.29, 1.82) is 0 Å². The molecule has 3 nitrogen and oxygen atoms in total. The van der Waals surface area contributed by atoms with Crippen molar-refractivity contribution in [3.63, 3.8) is 0 Å². The molecular weight excluding hydrogens is 162 g/mol. The van der Waals surface area contributed by atoms with Crippen molar-refractivity contribution in [2.24, 2.45) is 5.73 Å². The first kappa shape index (κ1) is 9.00. The van der Waals surface area contributed by atoms with Crippen LogP contribution in [0.2, 0.25) is 0 Å². The van der Waals surface area contributed by atoms with Crippen LogP contribution in [0.5, 0.6) is 0 Å². The molecule has 66 valence electrons. The van der Waals surface area contributed by atoms with E-state index in [1.54, 1.807) is 0 Å². The van der Waals surface area contributed by atoms with Crippen LogP contribution in [0.25, 0.3) is 0 Å².